The predicted molar refractivity (Wildman–Crippen MR) is 146 cm³/mol. The summed E-state index contributed by atoms with van der Waals surface area (Å²) >= 11 is 0. The van der Waals surface area contributed by atoms with Crippen LogP contribution in [0.4, 0.5) is 10.1 Å². The molecule has 0 atom stereocenters. The third-order valence-electron chi connectivity index (χ3n) is 6.47. The minimum absolute atomic E-state index is 0.102. The summed E-state index contributed by atoms with van der Waals surface area (Å²) in [5.74, 6) is 1.16. The van der Waals surface area contributed by atoms with Crippen molar-refractivity contribution < 1.29 is 31.8 Å². The van der Waals surface area contributed by atoms with E-state index >= 15 is 0 Å². The zero-order chi connectivity index (χ0) is 27.8. The molecule has 1 amide bonds. The highest BCUT2D eigenvalue weighted by atomic mass is 32.2. The van der Waals surface area contributed by atoms with E-state index in [9.17, 15) is 17.6 Å². The van der Waals surface area contributed by atoms with Gasteiger partial charge in [0.05, 0.1) is 19.1 Å². The Bertz CT molecular complexity index is 1360. The number of ether oxygens (including phenoxy) is 3. The van der Waals surface area contributed by atoms with Crippen molar-refractivity contribution in [1.29, 1.82) is 0 Å². The number of nitrogens with zero attached hydrogens (tertiary/aromatic N) is 2. The summed E-state index contributed by atoms with van der Waals surface area (Å²) in [4.78, 5) is 16.5. The smallest absolute Gasteiger partial charge is 0.260 e. The van der Waals surface area contributed by atoms with Gasteiger partial charge in [-0.1, -0.05) is 6.07 Å². The summed E-state index contributed by atoms with van der Waals surface area (Å²) in [6, 6.07) is 17.7. The lowest BCUT2D eigenvalue weighted by atomic mass is 10.1. The number of piperazine rings is 1. The Hall–Kier alpha value is -3.83. The van der Waals surface area contributed by atoms with E-state index in [2.05, 4.69) is 9.62 Å². The van der Waals surface area contributed by atoms with Crippen LogP contribution in [0.25, 0.3) is 0 Å². The molecular weight excluding hydrogens is 525 g/mol. The van der Waals surface area contributed by atoms with E-state index in [4.69, 9.17) is 14.2 Å². The molecule has 11 heteroatoms. The molecule has 3 aromatic rings. The molecule has 1 N–H and O–H groups in total. The highest BCUT2D eigenvalue weighted by molar-refractivity contribution is 7.89. The molecule has 1 heterocycles. The van der Waals surface area contributed by atoms with Crippen LogP contribution in [0.2, 0.25) is 0 Å². The summed E-state index contributed by atoms with van der Waals surface area (Å²) < 4.78 is 57.3. The maximum atomic E-state index is 13.2. The van der Waals surface area contributed by atoms with Gasteiger partial charge in [-0.2, -0.15) is 0 Å². The van der Waals surface area contributed by atoms with E-state index in [0.717, 1.165) is 11.3 Å². The molecule has 4 rings (SSSR count). The molecule has 0 spiro atoms. The summed E-state index contributed by atoms with van der Waals surface area (Å²) in [6.45, 7) is 2.41. The molecule has 208 valence electrons. The zero-order valence-electron chi connectivity index (χ0n) is 21.9. The van der Waals surface area contributed by atoms with Crippen LogP contribution >= 0.6 is 0 Å². The number of carbonyl (C=O) groups is 1. The number of methoxy groups -OCH3 is 2. The van der Waals surface area contributed by atoms with E-state index in [1.54, 1.807) is 37.3 Å². The topological polar surface area (TPSA) is 97.4 Å². The molecule has 1 aliphatic heterocycles. The molecule has 0 saturated carbocycles. The van der Waals surface area contributed by atoms with E-state index in [1.165, 1.54) is 36.4 Å². The second-order valence-electron chi connectivity index (χ2n) is 8.94. The van der Waals surface area contributed by atoms with Crippen molar-refractivity contribution >= 4 is 21.6 Å². The lowest BCUT2D eigenvalue weighted by Crippen LogP contribution is -2.50. The van der Waals surface area contributed by atoms with Gasteiger partial charge in [0.2, 0.25) is 10.0 Å². The van der Waals surface area contributed by atoms with Crippen molar-refractivity contribution in [2.45, 2.75) is 11.3 Å². The van der Waals surface area contributed by atoms with Gasteiger partial charge in [0.15, 0.2) is 18.1 Å². The van der Waals surface area contributed by atoms with Crippen molar-refractivity contribution in [1.82, 2.24) is 9.62 Å². The van der Waals surface area contributed by atoms with Gasteiger partial charge >= 0.3 is 0 Å². The van der Waals surface area contributed by atoms with Gasteiger partial charge < -0.3 is 24.0 Å². The lowest BCUT2D eigenvalue weighted by Gasteiger charge is -2.36. The maximum Gasteiger partial charge on any atom is 0.260 e. The number of amides is 1. The van der Waals surface area contributed by atoms with Crippen LogP contribution in [0.15, 0.2) is 71.6 Å². The number of hydrogen-bond acceptors (Lipinski definition) is 7. The molecule has 0 bridgehead atoms. The average molecular weight is 558 g/mol. The second kappa shape index (κ2) is 12.8. The summed E-state index contributed by atoms with van der Waals surface area (Å²) in [5, 5.41) is 0. The molecule has 9 nitrogen and oxygen atoms in total. The van der Waals surface area contributed by atoms with Crippen molar-refractivity contribution in [3.63, 3.8) is 0 Å². The molecular formula is C28H32FN3O6S. The number of benzene rings is 3. The first-order chi connectivity index (χ1) is 18.8. The highest BCUT2D eigenvalue weighted by Crippen LogP contribution is 2.27. The number of hydrogen-bond donors (Lipinski definition) is 1. The Morgan fingerprint density at radius 3 is 2.21 bits per heavy atom. The Balaban J connectivity index is 1.22. The third-order valence-corrected chi connectivity index (χ3v) is 7.95. The number of halogens is 1. The number of rotatable bonds is 11. The second-order valence-corrected chi connectivity index (χ2v) is 10.7. The minimum Gasteiger partial charge on any atom is -0.493 e. The fraction of sp³-hybridized carbons (Fsp3) is 0.321. The first-order valence-corrected chi connectivity index (χ1v) is 14.0. The summed E-state index contributed by atoms with van der Waals surface area (Å²) in [7, 11) is -0.614. The maximum absolute atomic E-state index is 13.2. The van der Waals surface area contributed by atoms with E-state index in [0.29, 0.717) is 49.8 Å². The molecule has 0 radical (unpaired) electrons. The lowest BCUT2D eigenvalue weighted by molar-refractivity contribution is -0.133. The highest BCUT2D eigenvalue weighted by Gasteiger charge is 2.22. The normalized spacial score (nSPS) is 13.7. The van der Waals surface area contributed by atoms with Gasteiger partial charge in [-0.05, 0) is 72.6 Å². The minimum atomic E-state index is -3.72. The predicted octanol–water partition coefficient (Wildman–Crippen LogP) is 3.09. The molecule has 0 aromatic heterocycles. The molecule has 3 aromatic carbocycles. The standard InChI is InChI=1S/C28H32FN3O6S/c1-36-26-12-3-21(19-27(26)37-2)13-14-30-39(34,35)25-10-8-24(9-11-25)38-20-28(33)32-17-15-31(16-18-32)23-6-4-22(29)5-7-23/h3-12,19,30H,13-18,20H2,1-2H3. The first-order valence-electron chi connectivity index (χ1n) is 12.5. The van der Waals surface area contributed by atoms with Crippen LogP contribution in [0.3, 0.4) is 0 Å². The molecule has 1 saturated heterocycles. The van der Waals surface area contributed by atoms with Crippen LogP contribution < -0.4 is 23.8 Å². The van der Waals surface area contributed by atoms with Crippen LogP contribution in [-0.4, -0.2) is 72.8 Å². The third kappa shape index (κ3) is 7.39. The van der Waals surface area contributed by atoms with Gasteiger partial charge in [0.25, 0.3) is 5.91 Å². The number of sulfonamides is 1. The summed E-state index contributed by atoms with van der Waals surface area (Å²) in [6.07, 6.45) is 0.473. The Morgan fingerprint density at radius 1 is 0.897 bits per heavy atom. The first kappa shape index (κ1) is 28.2. The largest absolute Gasteiger partial charge is 0.493 e. The van der Waals surface area contributed by atoms with Crippen LogP contribution in [0.1, 0.15) is 5.56 Å². The van der Waals surface area contributed by atoms with E-state index < -0.39 is 10.0 Å². The van der Waals surface area contributed by atoms with Gasteiger partial charge in [0.1, 0.15) is 11.6 Å². The summed E-state index contributed by atoms with van der Waals surface area (Å²) in [5.41, 5.74) is 1.82. The number of anilines is 1. The monoisotopic (exact) mass is 557 g/mol. The SMILES string of the molecule is COc1ccc(CCNS(=O)(=O)c2ccc(OCC(=O)N3CCN(c4ccc(F)cc4)CC3)cc2)cc1OC. The van der Waals surface area contributed by atoms with Gasteiger partial charge in [-0.25, -0.2) is 17.5 Å². The molecule has 39 heavy (non-hydrogen) atoms. The van der Waals surface area contributed by atoms with Gasteiger partial charge in [-0.15, -0.1) is 0 Å². The van der Waals surface area contributed by atoms with Crippen LogP contribution in [0.5, 0.6) is 17.2 Å². The quantitative estimate of drug-likeness (QED) is 0.387. The zero-order valence-corrected chi connectivity index (χ0v) is 22.7. The number of carbonyl (C=O) groups excluding carboxylic acids is 1. The number of nitrogens with one attached hydrogen (secondary N) is 1. The fourth-order valence-electron chi connectivity index (χ4n) is 4.27. The van der Waals surface area contributed by atoms with Crippen molar-refractivity contribution in [2.75, 3.05) is 58.5 Å². The Morgan fingerprint density at radius 2 is 1.56 bits per heavy atom. The van der Waals surface area contributed by atoms with E-state index in [-0.39, 0.29) is 29.8 Å². The van der Waals surface area contributed by atoms with Crippen molar-refractivity contribution in [3.8, 4) is 17.2 Å². The Kier molecular flexibility index (Phi) is 9.26. The van der Waals surface area contributed by atoms with Crippen LogP contribution in [-0.2, 0) is 21.2 Å². The Labute approximate surface area is 228 Å². The van der Waals surface area contributed by atoms with Crippen molar-refractivity contribution in [2.24, 2.45) is 0 Å². The molecule has 1 aliphatic rings. The average Bonchev–Trinajstić information content (AvgIpc) is 2.96. The molecule has 1 fully saturated rings. The molecule has 0 unspecified atom stereocenters. The van der Waals surface area contributed by atoms with Gasteiger partial charge in [0, 0.05) is 38.4 Å². The van der Waals surface area contributed by atoms with E-state index in [1.807, 2.05) is 12.1 Å². The fourth-order valence-corrected chi connectivity index (χ4v) is 5.30. The van der Waals surface area contributed by atoms with Gasteiger partial charge in [-0.3, -0.25) is 4.79 Å². The molecule has 0 aliphatic carbocycles. The van der Waals surface area contributed by atoms with Crippen molar-refractivity contribution in [3.05, 3.63) is 78.1 Å². The van der Waals surface area contributed by atoms with Crippen LogP contribution in [0, 0.1) is 5.82 Å².